The van der Waals surface area contributed by atoms with Gasteiger partial charge in [0, 0.05) is 30.6 Å². The van der Waals surface area contributed by atoms with Crippen molar-refractivity contribution in [3.63, 3.8) is 0 Å². The summed E-state index contributed by atoms with van der Waals surface area (Å²) in [5, 5.41) is 15.6. The SMILES string of the molecule is O=C(O)C(F)(F)F.O=C(c1cc(-n2ccnn2)ccn1)N1CCC(F)(F)[C@@H](Oc2ccc3ccccc3n2)C1. The van der Waals surface area contributed by atoms with Crippen LogP contribution in [0, 0.1) is 0 Å². The summed E-state index contributed by atoms with van der Waals surface area (Å²) in [5.41, 5.74) is 1.37. The molecule has 204 valence electrons. The fourth-order valence-corrected chi connectivity index (χ4v) is 3.62. The Bertz CT molecular complexity index is 1460. The minimum atomic E-state index is -5.08. The van der Waals surface area contributed by atoms with Gasteiger partial charge in [-0.15, -0.1) is 5.10 Å². The first-order chi connectivity index (χ1) is 18.4. The Kier molecular flexibility index (Phi) is 7.69. The zero-order valence-corrected chi connectivity index (χ0v) is 19.8. The van der Waals surface area contributed by atoms with Crippen molar-refractivity contribution in [2.24, 2.45) is 0 Å². The van der Waals surface area contributed by atoms with Crippen LogP contribution in [0.5, 0.6) is 5.88 Å². The number of likely N-dealkylation sites (tertiary alicyclic amines) is 1. The molecule has 10 nitrogen and oxygen atoms in total. The Morgan fingerprint density at radius 3 is 2.51 bits per heavy atom. The summed E-state index contributed by atoms with van der Waals surface area (Å²) in [6.07, 6.45) is -2.51. The lowest BCUT2D eigenvalue weighted by atomic mass is 10.0. The number of hydrogen-bond acceptors (Lipinski definition) is 7. The number of hydrogen-bond donors (Lipinski definition) is 1. The van der Waals surface area contributed by atoms with Crippen molar-refractivity contribution in [2.45, 2.75) is 24.6 Å². The molecule has 0 aliphatic carbocycles. The van der Waals surface area contributed by atoms with E-state index in [0.29, 0.717) is 11.2 Å². The number of amides is 1. The van der Waals surface area contributed by atoms with Gasteiger partial charge in [-0.1, -0.05) is 23.4 Å². The lowest BCUT2D eigenvalue weighted by Crippen LogP contribution is -2.55. The molecule has 0 saturated carbocycles. The van der Waals surface area contributed by atoms with Crippen LogP contribution in [0.2, 0.25) is 0 Å². The number of ether oxygens (including phenoxy) is 1. The number of nitrogens with zero attached hydrogens (tertiary/aromatic N) is 6. The molecule has 1 atom stereocenters. The molecule has 1 aromatic carbocycles. The number of para-hydroxylation sites is 1. The van der Waals surface area contributed by atoms with Crippen molar-refractivity contribution in [2.75, 3.05) is 13.1 Å². The van der Waals surface area contributed by atoms with Gasteiger partial charge in [0.25, 0.3) is 11.8 Å². The monoisotopic (exact) mass is 550 g/mol. The predicted molar refractivity (Wildman–Crippen MR) is 124 cm³/mol. The molecule has 1 N–H and O–H groups in total. The van der Waals surface area contributed by atoms with Crippen molar-refractivity contribution in [1.82, 2.24) is 29.9 Å². The zero-order valence-electron chi connectivity index (χ0n) is 19.8. The van der Waals surface area contributed by atoms with E-state index in [1.54, 1.807) is 36.5 Å². The molecule has 0 spiro atoms. The van der Waals surface area contributed by atoms with E-state index in [2.05, 4.69) is 20.3 Å². The van der Waals surface area contributed by atoms with Gasteiger partial charge in [0.05, 0.1) is 30.1 Å². The van der Waals surface area contributed by atoms with Gasteiger partial charge >= 0.3 is 12.1 Å². The highest BCUT2D eigenvalue weighted by molar-refractivity contribution is 5.93. The quantitative estimate of drug-likeness (QED) is 0.381. The molecule has 1 aliphatic rings. The van der Waals surface area contributed by atoms with Crippen molar-refractivity contribution in [1.29, 1.82) is 0 Å². The summed E-state index contributed by atoms with van der Waals surface area (Å²) in [6, 6.07) is 13.9. The van der Waals surface area contributed by atoms with Crippen LogP contribution in [-0.2, 0) is 4.79 Å². The van der Waals surface area contributed by atoms with E-state index in [1.807, 2.05) is 18.2 Å². The number of rotatable bonds is 4. The molecular weight excluding hydrogens is 531 g/mol. The number of carbonyl (C=O) groups is 2. The molecule has 39 heavy (non-hydrogen) atoms. The summed E-state index contributed by atoms with van der Waals surface area (Å²) in [5.74, 6) is -6.22. The summed E-state index contributed by atoms with van der Waals surface area (Å²) in [7, 11) is 0. The molecule has 4 heterocycles. The average Bonchev–Trinajstić information content (AvgIpc) is 3.45. The van der Waals surface area contributed by atoms with Crippen molar-refractivity contribution >= 4 is 22.8 Å². The van der Waals surface area contributed by atoms with Crippen LogP contribution < -0.4 is 4.74 Å². The van der Waals surface area contributed by atoms with Crippen LogP contribution in [0.4, 0.5) is 22.0 Å². The Labute approximate surface area is 216 Å². The van der Waals surface area contributed by atoms with E-state index < -0.39 is 36.5 Å². The largest absolute Gasteiger partial charge is 0.490 e. The van der Waals surface area contributed by atoms with Crippen LogP contribution in [0.1, 0.15) is 16.9 Å². The molecule has 1 aliphatic heterocycles. The minimum absolute atomic E-state index is 0.0916. The van der Waals surface area contributed by atoms with Crippen molar-refractivity contribution < 1.29 is 41.4 Å². The van der Waals surface area contributed by atoms with E-state index >= 15 is 0 Å². The van der Waals surface area contributed by atoms with E-state index in [-0.39, 0.29) is 24.7 Å². The molecule has 1 amide bonds. The van der Waals surface area contributed by atoms with Gasteiger partial charge in [0.2, 0.25) is 5.88 Å². The number of carboxylic acids is 1. The summed E-state index contributed by atoms with van der Waals surface area (Å²) < 4.78 is 68.1. The van der Waals surface area contributed by atoms with E-state index in [9.17, 15) is 26.7 Å². The number of fused-ring (bicyclic) bond motifs is 1. The summed E-state index contributed by atoms with van der Waals surface area (Å²) in [6.45, 7) is -0.387. The highest BCUT2D eigenvalue weighted by atomic mass is 19.4. The maximum atomic E-state index is 14.6. The van der Waals surface area contributed by atoms with Gasteiger partial charge in [-0.2, -0.15) is 13.2 Å². The Hall–Kier alpha value is -4.69. The molecule has 0 bridgehead atoms. The van der Waals surface area contributed by atoms with Crippen LogP contribution in [0.3, 0.4) is 0 Å². The second kappa shape index (κ2) is 11.0. The number of carbonyl (C=O) groups excluding carboxylic acids is 1. The summed E-state index contributed by atoms with van der Waals surface area (Å²) in [4.78, 5) is 31.7. The smallest absolute Gasteiger partial charge is 0.475 e. The third-order valence-electron chi connectivity index (χ3n) is 5.59. The van der Waals surface area contributed by atoms with Gasteiger partial charge in [-0.05, 0) is 24.3 Å². The predicted octanol–water partition coefficient (Wildman–Crippen LogP) is 3.77. The lowest BCUT2D eigenvalue weighted by Gasteiger charge is -2.37. The number of alkyl halides is 5. The second-order valence-electron chi connectivity index (χ2n) is 8.26. The van der Waals surface area contributed by atoms with E-state index in [1.165, 1.54) is 22.0 Å². The molecule has 0 unspecified atom stereocenters. The fraction of sp³-hybridized carbons (Fsp3) is 0.250. The van der Waals surface area contributed by atoms with Crippen LogP contribution in [0.15, 0.2) is 67.1 Å². The molecule has 1 fully saturated rings. The lowest BCUT2D eigenvalue weighted by molar-refractivity contribution is -0.192. The zero-order chi connectivity index (χ0) is 28.2. The van der Waals surface area contributed by atoms with Crippen molar-refractivity contribution in [3.05, 3.63) is 72.8 Å². The first kappa shape index (κ1) is 27.3. The van der Waals surface area contributed by atoms with Gasteiger partial charge in [0.1, 0.15) is 5.69 Å². The molecule has 1 saturated heterocycles. The van der Waals surface area contributed by atoms with E-state index in [0.717, 1.165) is 5.39 Å². The maximum absolute atomic E-state index is 14.6. The first-order valence-electron chi connectivity index (χ1n) is 11.3. The van der Waals surface area contributed by atoms with Gasteiger partial charge in [-0.25, -0.2) is 23.2 Å². The Balaban J connectivity index is 0.000000448. The number of aliphatic carboxylic acids is 1. The maximum Gasteiger partial charge on any atom is 0.490 e. The first-order valence-corrected chi connectivity index (χ1v) is 11.3. The van der Waals surface area contributed by atoms with Gasteiger partial charge in [0.15, 0.2) is 6.10 Å². The Morgan fingerprint density at radius 2 is 1.82 bits per heavy atom. The van der Waals surface area contributed by atoms with Crippen LogP contribution >= 0.6 is 0 Å². The number of benzene rings is 1. The number of halogens is 5. The molecule has 4 aromatic rings. The van der Waals surface area contributed by atoms with Gasteiger partial charge < -0.3 is 14.7 Å². The number of pyridine rings is 2. The van der Waals surface area contributed by atoms with Crippen LogP contribution in [-0.4, -0.2) is 78.1 Å². The number of carboxylic acid groups (broad SMARTS) is 1. The molecule has 3 aromatic heterocycles. The molecule has 5 rings (SSSR count). The molecule has 15 heteroatoms. The normalized spacial score (nSPS) is 16.7. The second-order valence-corrected chi connectivity index (χ2v) is 8.26. The average molecular weight is 550 g/mol. The number of aromatic nitrogens is 5. The highest BCUT2D eigenvalue weighted by Gasteiger charge is 2.47. The molecular formula is C24H19F5N6O4. The minimum Gasteiger partial charge on any atom is -0.475 e. The van der Waals surface area contributed by atoms with E-state index in [4.69, 9.17) is 14.6 Å². The topological polar surface area (TPSA) is 123 Å². The van der Waals surface area contributed by atoms with Crippen molar-refractivity contribution in [3.8, 4) is 11.6 Å². The standard InChI is InChI=1S/C22H18F2N6O2.C2HF3O2/c23-22(24)8-11-29(21(31)18-13-16(7-9-25-18)30-12-10-26-28-30)14-19(22)32-20-6-5-15-3-1-2-4-17(15)27-20;3-2(4,5)1(6)7/h1-7,9-10,12-13,19H,8,11,14H2;(H,6,7)/t19-;/m0./s1. The summed E-state index contributed by atoms with van der Waals surface area (Å²) >= 11 is 0. The molecule has 0 radical (unpaired) electrons. The van der Waals surface area contributed by atoms with Crippen LogP contribution in [0.25, 0.3) is 16.6 Å². The third kappa shape index (κ3) is 6.61. The fourth-order valence-electron chi connectivity index (χ4n) is 3.62. The Morgan fingerprint density at radius 1 is 1.08 bits per heavy atom. The van der Waals surface area contributed by atoms with Gasteiger partial charge in [-0.3, -0.25) is 9.78 Å². The third-order valence-corrected chi connectivity index (χ3v) is 5.59. The highest BCUT2D eigenvalue weighted by Crippen LogP contribution is 2.32. The number of piperidine rings is 1.